The molecule has 4 rings (SSSR count). The number of nitrogens with one attached hydrogen (secondary N) is 3. The number of aryl methyl sites for hydroxylation is 1. The van der Waals surface area contributed by atoms with Crippen molar-refractivity contribution < 1.29 is 33.8 Å². The summed E-state index contributed by atoms with van der Waals surface area (Å²) in [6, 6.07) is 21.5. The number of anilines is 2. The van der Waals surface area contributed by atoms with Gasteiger partial charge >= 0.3 is 18.0 Å². The van der Waals surface area contributed by atoms with E-state index in [-0.39, 0.29) is 31.5 Å². The molecule has 1 fully saturated rings. The van der Waals surface area contributed by atoms with Crippen LogP contribution in [0.5, 0.6) is 0 Å². The van der Waals surface area contributed by atoms with Gasteiger partial charge in [0.15, 0.2) is 0 Å². The molecule has 4 N–H and O–H groups in total. The predicted molar refractivity (Wildman–Crippen MR) is 159 cm³/mol. The Morgan fingerprint density at radius 2 is 1.60 bits per heavy atom. The lowest BCUT2D eigenvalue weighted by molar-refractivity contribution is -0.153. The second kappa shape index (κ2) is 14.6. The largest absolute Gasteiger partial charge is 0.481 e. The van der Waals surface area contributed by atoms with Crippen molar-refractivity contribution in [3.05, 3.63) is 95.6 Å². The number of carboxylic acids is 1. The summed E-state index contributed by atoms with van der Waals surface area (Å²) in [4.78, 5) is 63.7. The smallest absolute Gasteiger partial charge is 0.329 e. The number of hydrogen-bond donors (Lipinski definition) is 4. The Morgan fingerprint density at radius 3 is 2.30 bits per heavy atom. The average molecular weight is 587 g/mol. The number of benzene rings is 3. The van der Waals surface area contributed by atoms with Crippen LogP contribution < -0.4 is 16.0 Å². The van der Waals surface area contributed by atoms with Gasteiger partial charge in [0.25, 0.3) is 0 Å². The molecule has 1 aliphatic rings. The quantitative estimate of drug-likeness (QED) is 0.250. The molecule has 1 aliphatic heterocycles. The molecule has 0 aliphatic carbocycles. The molecule has 0 bridgehead atoms. The number of likely N-dealkylation sites (tertiary alicyclic amines) is 1. The summed E-state index contributed by atoms with van der Waals surface area (Å²) in [6.07, 6.45) is -0.125. The molecule has 224 valence electrons. The van der Waals surface area contributed by atoms with E-state index in [9.17, 15) is 29.1 Å². The lowest BCUT2D eigenvalue weighted by Gasteiger charge is -2.19. The molecule has 3 aromatic carbocycles. The molecule has 2 atom stereocenters. The van der Waals surface area contributed by atoms with E-state index in [2.05, 4.69) is 16.0 Å². The van der Waals surface area contributed by atoms with Crippen LogP contribution in [0.1, 0.15) is 29.5 Å². The molecule has 0 aromatic heterocycles. The van der Waals surface area contributed by atoms with Gasteiger partial charge in [0.2, 0.25) is 11.8 Å². The number of urea groups is 1. The van der Waals surface area contributed by atoms with Gasteiger partial charge in [0.05, 0.1) is 18.8 Å². The van der Waals surface area contributed by atoms with E-state index in [0.29, 0.717) is 24.3 Å². The number of carbonyl (C=O) groups is 5. The van der Waals surface area contributed by atoms with Crippen molar-refractivity contribution in [3.63, 3.8) is 0 Å². The number of para-hydroxylation sites is 1. The van der Waals surface area contributed by atoms with Crippen LogP contribution in [0.2, 0.25) is 0 Å². The number of esters is 1. The van der Waals surface area contributed by atoms with Gasteiger partial charge in [-0.1, -0.05) is 60.7 Å². The Labute approximate surface area is 249 Å². The fourth-order valence-corrected chi connectivity index (χ4v) is 4.68. The Bertz CT molecular complexity index is 1460. The topological polar surface area (TPSA) is 154 Å². The molecule has 3 aromatic rings. The summed E-state index contributed by atoms with van der Waals surface area (Å²) in [6.45, 7) is 2.37. The molecule has 43 heavy (non-hydrogen) atoms. The Morgan fingerprint density at radius 1 is 0.907 bits per heavy atom. The summed E-state index contributed by atoms with van der Waals surface area (Å²) in [5.74, 6) is -3.34. The molecule has 11 heteroatoms. The first-order valence-electron chi connectivity index (χ1n) is 13.9. The molecule has 1 saturated heterocycles. The van der Waals surface area contributed by atoms with Gasteiger partial charge in [-0.2, -0.15) is 0 Å². The summed E-state index contributed by atoms with van der Waals surface area (Å²) in [5.41, 5.74) is 3.69. The molecule has 0 radical (unpaired) electrons. The number of aliphatic carboxylic acids is 1. The molecule has 0 saturated carbocycles. The fourth-order valence-electron chi connectivity index (χ4n) is 4.68. The van der Waals surface area contributed by atoms with Gasteiger partial charge in [-0.3, -0.25) is 14.4 Å². The van der Waals surface area contributed by atoms with Gasteiger partial charge in [-0.05, 0) is 48.2 Å². The number of carbonyl (C=O) groups excluding carboxylic acids is 4. The predicted octanol–water partition coefficient (Wildman–Crippen LogP) is 3.73. The number of rotatable bonds is 11. The molecule has 0 spiro atoms. The minimum Gasteiger partial charge on any atom is -0.481 e. The van der Waals surface area contributed by atoms with E-state index < -0.39 is 36.2 Å². The Balaban J connectivity index is 1.25. The fraction of sp³-hybridized carbons (Fsp3) is 0.281. The Kier molecular flexibility index (Phi) is 10.5. The summed E-state index contributed by atoms with van der Waals surface area (Å²) in [5, 5.41) is 17.3. The van der Waals surface area contributed by atoms with Gasteiger partial charge in [-0.25, -0.2) is 9.59 Å². The normalized spacial score (nSPS) is 14.8. The second-order valence-corrected chi connectivity index (χ2v) is 10.3. The van der Waals surface area contributed by atoms with E-state index in [0.717, 1.165) is 16.7 Å². The van der Waals surface area contributed by atoms with Crippen molar-refractivity contribution in [2.45, 2.75) is 38.8 Å². The highest BCUT2D eigenvalue weighted by Crippen LogP contribution is 2.20. The van der Waals surface area contributed by atoms with Crippen molar-refractivity contribution in [3.8, 4) is 0 Å². The van der Waals surface area contributed by atoms with Crippen LogP contribution >= 0.6 is 0 Å². The van der Waals surface area contributed by atoms with Gasteiger partial charge in [0, 0.05) is 24.5 Å². The number of nitrogens with zero attached hydrogens (tertiary/aromatic N) is 1. The van der Waals surface area contributed by atoms with Crippen LogP contribution in [0.15, 0.2) is 78.9 Å². The molecule has 4 amide bonds. The molecular weight excluding hydrogens is 552 g/mol. The average Bonchev–Trinajstić information content (AvgIpc) is 3.49. The molecule has 0 unspecified atom stereocenters. The van der Waals surface area contributed by atoms with E-state index in [1.54, 1.807) is 53.4 Å². The minimum atomic E-state index is -1.34. The van der Waals surface area contributed by atoms with E-state index in [1.807, 2.05) is 37.3 Å². The third-order valence-electron chi connectivity index (χ3n) is 7.08. The highest BCUT2D eigenvalue weighted by atomic mass is 16.5. The second-order valence-electron chi connectivity index (χ2n) is 10.3. The third-order valence-corrected chi connectivity index (χ3v) is 7.08. The van der Waals surface area contributed by atoms with E-state index in [1.165, 1.54) is 0 Å². The van der Waals surface area contributed by atoms with Gasteiger partial charge in [-0.15, -0.1) is 0 Å². The maximum Gasteiger partial charge on any atom is 0.329 e. The zero-order valence-electron chi connectivity index (χ0n) is 23.7. The van der Waals surface area contributed by atoms with Crippen LogP contribution in [0, 0.1) is 12.8 Å². The van der Waals surface area contributed by atoms with Gasteiger partial charge in [0.1, 0.15) is 12.6 Å². The van der Waals surface area contributed by atoms with Crippen molar-refractivity contribution in [2.75, 3.05) is 23.7 Å². The highest BCUT2D eigenvalue weighted by molar-refractivity contribution is 6.00. The van der Waals surface area contributed by atoms with Crippen molar-refractivity contribution in [1.82, 2.24) is 10.2 Å². The maximum atomic E-state index is 12.9. The summed E-state index contributed by atoms with van der Waals surface area (Å²) < 4.78 is 5.23. The SMILES string of the molecule is Cc1ccccc1NC(=O)Nc1ccc(CC(=O)N2CC[C@H](C(=O)N[C@@H](CC(=O)O)C(=O)OCc3ccccc3)C2)cc1. The Hall–Kier alpha value is -5.19. The first-order chi connectivity index (χ1) is 20.7. The highest BCUT2D eigenvalue weighted by Gasteiger charge is 2.34. The zero-order chi connectivity index (χ0) is 30.8. The van der Waals surface area contributed by atoms with Crippen LogP contribution in [0.4, 0.5) is 16.2 Å². The monoisotopic (exact) mass is 586 g/mol. The molecule has 11 nitrogen and oxygen atoms in total. The number of amides is 4. The summed E-state index contributed by atoms with van der Waals surface area (Å²) in [7, 11) is 0. The first-order valence-corrected chi connectivity index (χ1v) is 13.9. The minimum absolute atomic E-state index is 0.0466. The zero-order valence-corrected chi connectivity index (χ0v) is 23.7. The van der Waals surface area contributed by atoms with Crippen LogP contribution in [0.25, 0.3) is 0 Å². The number of carboxylic acid groups (broad SMARTS) is 1. The first kappa shape index (κ1) is 30.8. The van der Waals surface area contributed by atoms with Crippen molar-refractivity contribution in [1.29, 1.82) is 0 Å². The van der Waals surface area contributed by atoms with Crippen LogP contribution in [-0.4, -0.2) is 58.9 Å². The maximum absolute atomic E-state index is 12.9. The lowest BCUT2D eigenvalue weighted by Crippen LogP contribution is -2.46. The molecular formula is C32H34N4O7. The van der Waals surface area contributed by atoms with Crippen molar-refractivity contribution >= 4 is 41.2 Å². The third kappa shape index (κ3) is 9.15. The summed E-state index contributed by atoms with van der Waals surface area (Å²) >= 11 is 0. The van der Waals surface area contributed by atoms with Crippen LogP contribution in [-0.2, 0) is 36.9 Å². The van der Waals surface area contributed by atoms with Crippen molar-refractivity contribution in [2.24, 2.45) is 5.92 Å². The lowest BCUT2D eigenvalue weighted by atomic mass is 10.1. The van der Waals surface area contributed by atoms with Gasteiger partial charge < -0.3 is 30.7 Å². The van der Waals surface area contributed by atoms with E-state index >= 15 is 0 Å². The van der Waals surface area contributed by atoms with Crippen LogP contribution in [0.3, 0.4) is 0 Å². The number of hydrogen-bond acceptors (Lipinski definition) is 6. The number of ether oxygens (including phenoxy) is 1. The standard InChI is InChI=1S/C32H34N4O7/c1-21-7-5-6-10-26(21)35-32(42)33-25-13-11-22(12-14-25)17-28(37)36-16-15-24(19-36)30(40)34-27(18-29(38)39)31(41)43-20-23-8-3-2-4-9-23/h2-14,24,27H,15-20H2,1H3,(H,34,40)(H,38,39)(H2,33,35,42)/t24-,27-/m0/s1. The van der Waals surface area contributed by atoms with E-state index in [4.69, 9.17) is 4.74 Å². The molecule has 1 heterocycles.